The molecule has 0 bridgehead atoms. The van der Waals surface area contributed by atoms with Gasteiger partial charge in [0, 0.05) is 11.5 Å². The monoisotopic (exact) mass is 282 g/mol. The fourth-order valence-electron chi connectivity index (χ4n) is 2.16. The summed E-state index contributed by atoms with van der Waals surface area (Å²) in [6.07, 6.45) is 4.02. The van der Waals surface area contributed by atoms with E-state index in [1.54, 1.807) is 16.9 Å². The minimum atomic E-state index is -1.08. The summed E-state index contributed by atoms with van der Waals surface area (Å²) in [6, 6.07) is 11.9. The molecule has 0 spiro atoms. The molecule has 0 saturated carbocycles. The highest BCUT2D eigenvalue weighted by molar-refractivity contribution is 5.85. The number of carbonyl (C=O) groups is 1. The van der Waals surface area contributed by atoms with Gasteiger partial charge in [0.25, 0.3) is 0 Å². The van der Waals surface area contributed by atoms with E-state index >= 15 is 0 Å². The van der Waals surface area contributed by atoms with Crippen LogP contribution in [0.1, 0.15) is 5.56 Å². The average Bonchev–Trinajstić information content (AvgIpc) is 2.88. The van der Waals surface area contributed by atoms with Gasteiger partial charge in [-0.15, -0.1) is 0 Å². The Balaban J connectivity index is 2.12. The van der Waals surface area contributed by atoms with Crippen molar-refractivity contribution in [3.63, 3.8) is 0 Å². The number of halogens is 1. The van der Waals surface area contributed by atoms with Crippen LogP contribution in [0, 0.1) is 5.82 Å². The first-order chi connectivity index (χ1) is 10.1. The quantitative estimate of drug-likeness (QED) is 0.750. The highest BCUT2D eigenvalue weighted by atomic mass is 19.1. The Bertz CT molecular complexity index is 852. The van der Waals surface area contributed by atoms with Gasteiger partial charge in [0.05, 0.1) is 17.4 Å². The number of hydrogen-bond acceptors (Lipinski definition) is 2. The molecular weight excluding hydrogens is 271 g/mol. The molecule has 0 saturated heterocycles. The summed E-state index contributed by atoms with van der Waals surface area (Å²) in [5.74, 6) is -1.53. The second kappa shape index (κ2) is 5.20. The number of aliphatic carboxylic acids is 1. The van der Waals surface area contributed by atoms with E-state index in [1.165, 1.54) is 18.2 Å². The maximum atomic E-state index is 13.7. The maximum absolute atomic E-state index is 13.7. The van der Waals surface area contributed by atoms with Crippen molar-refractivity contribution in [1.82, 2.24) is 9.78 Å². The van der Waals surface area contributed by atoms with Crippen molar-refractivity contribution in [3.05, 3.63) is 66.1 Å². The molecule has 2 aromatic carbocycles. The van der Waals surface area contributed by atoms with Gasteiger partial charge < -0.3 is 5.11 Å². The number of para-hydroxylation sites is 1. The van der Waals surface area contributed by atoms with Gasteiger partial charge >= 0.3 is 5.97 Å². The number of rotatable bonds is 3. The van der Waals surface area contributed by atoms with Crippen molar-refractivity contribution in [2.24, 2.45) is 0 Å². The lowest BCUT2D eigenvalue weighted by Gasteiger charge is -2.05. The second-order valence-electron chi connectivity index (χ2n) is 4.53. The highest BCUT2D eigenvalue weighted by Gasteiger charge is 2.06. The van der Waals surface area contributed by atoms with Gasteiger partial charge in [-0.3, -0.25) is 0 Å². The molecule has 0 amide bonds. The summed E-state index contributed by atoms with van der Waals surface area (Å²) in [4.78, 5) is 10.5. The number of carboxylic acids is 1. The summed E-state index contributed by atoms with van der Waals surface area (Å²) in [5.41, 5.74) is 1.87. The van der Waals surface area contributed by atoms with E-state index in [1.807, 2.05) is 24.3 Å². The van der Waals surface area contributed by atoms with Crippen LogP contribution in [-0.2, 0) is 4.79 Å². The van der Waals surface area contributed by atoms with Crippen molar-refractivity contribution < 1.29 is 14.3 Å². The van der Waals surface area contributed by atoms with Crippen LogP contribution in [0.2, 0.25) is 0 Å². The minimum Gasteiger partial charge on any atom is -0.478 e. The Morgan fingerprint density at radius 1 is 1.24 bits per heavy atom. The summed E-state index contributed by atoms with van der Waals surface area (Å²) < 4.78 is 15.3. The summed E-state index contributed by atoms with van der Waals surface area (Å²) >= 11 is 0. The number of aromatic nitrogens is 2. The van der Waals surface area contributed by atoms with Gasteiger partial charge in [-0.1, -0.05) is 18.2 Å². The van der Waals surface area contributed by atoms with Gasteiger partial charge in [0.1, 0.15) is 5.82 Å². The lowest BCUT2D eigenvalue weighted by Crippen LogP contribution is -1.97. The summed E-state index contributed by atoms with van der Waals surface area (Å²) in [5, 5.41) is 13.8. The predicted octanol–water partition coefficient (Wildman–Crippen LogP) is 3.26. The van der Waals surface area contributed by atoms with Crippen LogP contribution in [0.15, 0.2) is 54.7 Å². The normalized spacial score (nSPS) is 11.3. The number of benzene rings is 2. The molecular formula is C16H11FN2O2. The predicted molar refractivity (Wildman–Crippen MR) is 77.7 cm³/mol. The van der Waals surface area contributed by atoms with E-state index < -0.39 is 11.8 Å². The molecule has 1 heterocycles. The second-order valence-corrected chi connectivity index (χ2v) is 4.53. The van der Waals surface area contributed by atoms with E-state index in [4.69, 9.17) is 5.11 Å². The zero-order valence-corrected chi connectivity index (χ0v) is 10.9. The van der Waals surface area contributed by atoms with Crippen LogP contribution in [0.5, 0.6) is 0 Å². The number of hydrogen-bond donors (Lipinski definition) is 1. The Hall–Kier alpha value is -2.95. The molecule has 21 heavy (non-hydrogen) atoms. The molecule has 104 valence electrons. The number of fused-ring (bicyclic) bond motifs is 1. The zero-order valence-electron chi connectivity index (χ0n) is 10.9. The molecule has 1 aromatic heterocycles. The average molecular weight is 282 g/mol. The van der Waals surface area contributed by atoms with Crippen molar-refractivity contribution in [2.45, 2.75) is 0 Å². The Labute approximate surface area is 119 Å². The van der Waals surface area contributed by atoms with Gasteiger partial charge in [0.2, 0.25) is 0 Å². The Kier molecular flexibility index (Phi) is 3.23. The molecule has 0 aliphatic heterocycles. The lowest BCUT2D eigenvalue weighted by atomic mass is 10.1. The number of carboxylic acid groups (broad SMARTS) is 1. The van der Waals surface area contributed by atoms with Crippen LogP contribution in [0.3, 0.4) is 0 Å². The molecule has 3 rings (SSSR count). The molecule has 0 fully saturated rings. The topological polar surface area (TPSA) is 55.1 Å². The van der Waals surface area contributed by atoms with Crippen LogP contribution in [0.25, 0.3) is 22.7 Å². The minimum absolute atomic E-state index is 0.447. The molecule has 5 heteroatoms. The van der Waals surface area contributed by atoms with Crippen molar-refractivity contribution in [2.75, 3.05) is 0 Å². The Morgan fingerprint density at radius 2 is 2.05 bits per heavy atom. The number of nitrogens with zero attached hydrogens (tertiary/aromatic N) is 2. The Morgan fingerprint density at radius 3 is 2.86 bits per heavy atom. The van der Waals surface area contributed by atoms with Crippen LogP contribution < -0.4 is 0 Å². The molecule has 0 aliphatic carbocycles. The smallest absolute Gasteiger partial charge is 0.328 e. The van der Waals surface area contributed by atoms with Crippen molar-refractivity contribution >= 4 is 22.9 Å². The molecule has 4 nitrogen and oxygen atoms in total. The van der Waals surface area contributed by atoms with E-state index in [2.05, 4.69) is 5.10 Å². The summed E-state index contributed by atoms with van der Waals surface area (Å²) in [7, 11) is 0. The maximum Gasteiger partial charge on any atom is 0.328 e. The van der Waals surface area contributed by atoms with E-state index in [-0.39, 0.29) is 0 Å². The van der Waals surface area contributed by atoms with Crippen molar-refractivity contribution in [3.8, 4) is 5.69 Å². The first kappa shape index (κ1) is 13.1. The third-order valence-corrected chi connectivity index (χ3v) is 3.05. The fraction of sp³-hybridized carbons (Fsp3) is 0. The molecule has 0 unspecified atom stereocenters. The van der Waals surface area contributed by atoms with Crippen LogP contribution in [-0.4, -0.2) is 20.9 Å². The molecule has 1 N–H and O–H groups in total. The third kappa shape index (κ3) is 2.67. The van der Waals surface area contributed by atoms with Gasteiger partial charge in [-0.25, -0.2) is 13.9 Å². The van der Waals surface area contributed by atoms with Gasteiger partial charge in [0.15, 0.2) is 0 Å². The van der Waals surface area contributed by atoms with Crippen LogP contribution >= 0.6 is 0 Å². The first-order valence-electron chi connectivity index (χ1n) is 6.28. The first-order valence-corrected chi connectivity index (χ1v) is 6.28. The fourth-order valence-corrected chi connectivity index (χ4v) is 2.16. The largest absolute Gasteiger partial charge is 0.478 e. The summed E-state index contributed by atoms with van der Waals surface area (Å²) in [6.45, 7) is 0. The molecule has 3 aromatic rings. The SMILES string of the molecule is O=C(O)/C=C/c1cc(F)cc(-n2ncc3ccccc32)c1. The van der Waals surface area contributed by atoms with E-state index in [0.29, 0.717) is 11.3 Å². The van der Waals surface area contributed by atoms with E-state index in [9.17, 15) is 9.18 Å². The van der Waals surface area contributed by atoms with Gasteiger partial charge in [-0.05, 0) is 35.9 Å². The highest BCUT2D eigenvalue weighted by Crippen LogP contribution is 2.20. The molecule has 0 radical (unpaired) electrons. The molecule has 0 atom stereocenters. The zero-order chi connectivity index (χ0) is 14.8. The molecule has 0 aliphatic rings. The van der Waals surface area contributed by atoms with Crippen LogP contribution in [0.4, 0.5) is 4.39 Å². The third-order valence-electron chi connectivity index (χ3n) is 3.05. The standard InChI is InChI=1S/C16H11FN2O2/c17-13-7-11(5-6-16(20)21)8-14(9-13)19-15-4-2-1-3-12(15)10-18-19/h1-10H,(H,20,21)/b6-5+. The van der Waals surface area contributed by atoms with Gasteiger partial charge in [-0.2, -0.15) is 5.10 Å². The lowest BCUT2D eigenvalue weighted by molar-refractivity contribution is -0.131. The van der Waals surface area contributed by atoms with E-state index in [0.717, 1.165) is 17.0 Å². The van der Waals surface area contributed by atoms with Crippen molar-refractivity contribution in [1.29, 1.82) is 0 Å².